The highest BCUT2D eigenvalue weighted by Crippen LogP contribution is 2.22. The topological polar surface area (TPSA) is 63.1 Å². The predicted molar refractivity (Wildman–Crippen MR) is 67.3 cm³/mol. The fraction of sp³-hybridized carbons (Fsp3) is 0.231. The predicted octanol–water partition coefficient (Wildman–Crippen LogP) is 0.499. The van der Waals surface area contributed by atoms with Crippen LogP contribution in [0.25, 0.3) is 10.9 Å². The summed E-state index contributed by atoms with van der Waals surface area (Å²) in [7, 11) is 1.57. The third kappa shape index (κ3) is 1.48. The van der Waals surface area contributed by atoms with Gasteiger partial charge in [0.1, 0.15) is 11.7 Å². The molecule has 0 saturated carbocycles. The Labute approximate surface area is 104 Å². The molecule has 1 aliphatic heterocycles. The second-order valence-electron chi connectivity index (χ2n) is 4.34. The Morgan fingerprint density at radius 1 is 1.44 bits per heavy atom. The molecule has 2 heterocycles. The highest BCUT2D eigenvalue weighted by molar-refractivity contribution is 6.02. The lowest BCUT2D eigenvalue weighted by molar-refractivity contribution is -0.122. The molecule has 0 radical (unpaired) electrons. The molecule has 2 amide bonds. The van der Waals surface area contributed by atoms with Crippen molar-refractivity contribution in [3.63, 3.8) is 0 Å². The van der Waals surface area contributed by atoms with Crippen LogP contribution < -0.4 is 10.6 Å². The Bertz CT molecular complexity index is 645. The number of hydrogen-bond acceptors (Lipinski definition) is 2. The highest BCUT2D eigenvalue weighted by atomic mass is 16.2. The minimum absolute atomic E-state index is 0.174. The van der Waals surface area contributed by atoms with Crippen molar-refractivity contribution in [2.45, 2.75) is 12.6 Å². The lowest BCUT2D eigenvalue weighted by Crippen LogP contribution is -2.51. The second kappa shape index (κ2) is 3.87. The minimum atomic E-state index is -0.509. The van der Waals surface area contributed by atoms with Gasteiger partial charge in [-0.25, -0.2) is 0 Å². The molecule has 0 spiro atoms. The number of carbonyl (C=O) groups is 2. The summed E-state index contributed by atoms with van der Waals surface area (Å²) in [4.78, 5) is 23.6. The van der Waals surface area contributed by atoms with E-state index in [1.165, 1.54) is 0 Å². The van der Waals surface area contributed by atoms with E-state index in [0.29, 0.717) is 12.2 Å². The van der Waals surface area contributed by atoms with E-state index in [9.17, 15) is 9.59 Å². The Morgan fingerprint density at radius 3 is 3.00 bits per heavy atom. The molecule has 18 heavy (non-hydrogen) atoms. The molecule has 0 bridgehead atoms. The van der Waals surface area contributed by atoms with Gasteiger partial charge in [-0.3, -0.25) is 9.59 Å². The molecule has 1 aliphatic rings. The van der Waals surface area contributed by atoms with Gasteiger partial charge in [-0.1, -0.05) is 18.2 Å². The highest BCUT2D eigenvalue weighted by Gasteiger charge is 2.29. The summed E-state index contributed by atoms with van der Waals surface area (Å²) in [6, 6.07) is 9.12. The van der Waals surface area contributed by atoms with Crippen LogP contribution in [0.2, 0.25) is 0 Å². The number of para-hydroxylation sites is 1. The van der Waals surface area contributed by atoms with Gasteiger partial charge >= 0.3 is 0 Å². The maximum atomic E-state index is 12.0. The van der Waals surface area contributed by atoms with Gasteiger partial charge in [0, 0.05) is 18.0 Å². The number of nitrogens with zero attached hydrogens (tertiary/aromatic N) is 1. The number of amides is 2. The SMILES string of the molecule is CNC(=O)[C@@H]1Cn2c(cc3ccccc32)C(=O)N1. The summed E-state index contributed by atoms with van der Waals surface area (Å²) in [5, 5.41) is 6.29. The Hall–Kier alpha value is -2.30. The van der Waals surface area contributed by atoms with Gasteiger partial charge in [0.05, 0.1) is 6.54 Å². The summed E-state index contributed by atoms with van der Waals surface area (Å²) >= 11 is 0. The van der Waals surface area contributed by atoms with E-state index in [4.69, 9.17) is 0 Å². The van der Waals surface area contributed by atoms with Crippen LogP contribution in [0.1, 0.15) is 10.5 Å². The Balaban J connectivity index is 2.12. The fourth-order valence-corrected chi connectivity index (χ4v) is 2.38. The molecule has 2 N–H and O–H groups in total. The van der Waals surface area contributed by atoms with E-state index in [2.05, 4.69) is 10.6 Å². The number of fused-ring (bicyclic) bond motifs is 3. The van der Waals surface area contributed by atoms with Crippen molar-refractivity contribution in [2.75, 3.05) is 7.05 Å². The third-order valence-electron chi connectivity index (χ3n) is 3.28. The summed E-state index contributed by atoms with van der Waals surface area (Å²) in [5.74, 6) is -0.377. The van der Waals surface area contributed by atoms with Crippen molar-refractivity contribution >= 4 is 22.7 Å². The first-order chi connectivity index (χ1) is 8.70. The van der Waals surface area contributed by atoms with Crippen molar-refractivity contribution in [1.82, 2.24) is 15.2 Å². The van der Waals surface area contributed by atoms with Crippen LogP contribution >= 0.6 is 0 Å². The molecule has 2 aromatic rings. The molecular formula is C13H13N3O2. The molecule has 0 fully saturated rings. The monoisotopic (exact) mass is 243 g/mol. The summed E-state index contributed by atoms with van der Waals surface area (Å²) in [5.41, 5.74) is 1.59. The van der Waals surface area contributed by atoms with Crippen molar-refractivity contribution in [3.8, 4) is 0 Å². The number of carbonyl (C=O) groups excluding carboxylic acids is 2. The lowest BCUT2D eigenvalue weighted by Gasteiger charge is -2.24. The molecule has 0 saturated heterocycles. The van der Waals surface area contributed by atoms with E-state index in [1.807, 2.05) is 34.9 Å². The molecule has 0 aliphatic carbocycles. The van der Waals surface area contributed by atoms with E-state index in [-0.39, 0.29) is 11.8 Å². The molecule has 3 rings (SSSR count). The van der Waals surface area contributed by atoms with Crippen LogP contribution in [0.5, 0.6) is 0 Å². The average molecular weight is 243 g/mol. The van der Waals surface area contributed by atoms with Crippen LogP contribution in [-0.2, 0) is 11.3 Å². The van der Waals surface area contributed by atoms with Crippen molar-refractivity contribution in [3.05, 3.63) is 36.0 Å². The smallest absolute Gasteiger partial charge is 0.268 e. The lowest BCUT2D eigenvalue weighted by atomic mass is 10.2. The van der Waals surface area contributed by atoms with Gasteiger partial charge in [-0.2, -0.15) is 0 Å². The molecule has 5 nitrogen and oxygen atoms in total. The second-order valence-corrected chi connectivity index (χ2v) is 4.34. The number of rotatable bonds is 1. The number of benzene rings is 1. The van der Waals surface area contributed by atoms with Crippen molar-refractivity contribution in [1.29, 1.82) is 0 Å². The average Bonchev–Trinajstić information content (AvgIpc) is 2.77. The number of hydrogen-bond donors (Lipinski definition) is 2. The van der Waals surface area contributed by atoms with Gasteiger partial charge in [0.25, 0.3) is 5.91 Å². The third-order valence-corrected chi connectivity index (χ3v) is 3.28. The zero-order chi connectivity index (χ0) is 12.7. The number of nitrogens with one attached hydrogen (secondary N) is 2. The van der Waals surface area contributed by atoms with Crippen LogP contribution in [0.3, 0.4) is 0 Å². The van der Waals surface area contributed by atoms with Crippen LogP contribution in [0.4, 0.5) is 0 Å². The normalized spacial score (nSPS) is 18.3. The molecule has 1 atom stereocenters. The first kappa shape index (κ1) is 10.8. The molecule has 1 aromatic heterocycles. The Kier molecular flexibility index (Phi) is 2.33. The zero-order valence-corrected chi connectivity index (χ0v) is 9.93. The van der Waals surface area contributed by atoms with Crippen LogP contribution in [0.15, 0.2) is 30.3 Å². The molecular weight excluding hydrogens is 230 g/mol. The summed E-state index contributed by atoms with van der Waals surface area (Å²) in [6.45, 7) is 0.467. The van der Waals surface area contributed by atoms with Gasteiger partial charge in [0.15, 0.2) is 0 Å². The van der Waals surface area contributed by atoms with Crippen molar-refractivity contribution < 1.29 is 9.59 Å². The summed E-state index contributed by atoms with van der Waals surface area (Å²) < 4.78 is 1.90. The van der Waals surface area contributed by atoms with E-state index >= 15 is 0 Å². The first-order valence-electron chi connectivity index (χ1n) is 5.81. The zero-order valence-electron chi connectivity index (χ0n) is 9.93. The largest absolute Gasteiger partial charge is 0.357 e. The van der Waals surface area contributed by atoms with Gasteiger partial charge in [-0.15, -0.1) is 0 Å². The number of likely N-dealkylation sites (N-methyl/N-ethyl adjacent to an activating group) is 1. The first-order valence-corrected chi connectivity index (χ1v) is 5.81. The van der Waals surface area contributed by atoms with Crippen LogP contribution in [-0.4, -0.2) is 29.5 Å². The van der Waals surface area contributed by atoms with E-state index in [0.717, 1.165) is 10.9 Å². The van der Waals surface area contributed by atoms with Crippen molar-refractivity contribution in [2.24, 2.45) is 0 Å². The van der Waals surface area contributed by atoms with Gasteiger partial charge < -0.3 is 15.2 Å². The molecule has 92 valence electrons. The van der Waals surface area contributed by atoms with Crippen LogP contribution in [0, 0.1) is 0 Å². The van der Waals surface area contributed by atoms with Gasteiger partial charge in [-0.05, 0) is 12.1 Å². The quantitative estimate of drug-likeness (QED) is 0.766. The molecule has 5 heteroatoms. The maximum absolute atomic E-state index is 12.0. The fourth-order valence-electron chi connectivity index (χ4n) is 2.38. The standard InChI is InChI=1S/C13H13N3O2/c1-14-12(17)9-7-16-10-5-3-2-4-8(10)6-11(16)13(18)15-9/h2-6,9H,7H2,1H3,(H,14,17)(H,15,18)/t9-/m0/s1. The molecule has 1 aromatic carbocycles. The maximum Gasteiger partial charge on any atom is 0.268 e. The minimum Gasteiger partial charge on any atom is -0.357 e. The van der Waals surface area contributed by atoms with Gasteiger partial charge in [0.2, 0.25) is 5.91 Å². The van der Waals surface area contributed by atoms with E-state index in [1.54, 1.807) is 7.05 Å². The summed E-state index contributed by atoms with van der Waals surface area (Å²) in [6.07, 6.45) is 0. The molecule has 0 unspecified atom stereocenters. The van der Waals surface area contributed by atoms with E-state index < -0.39 is 6.04 Å². The number of aromatic nitrogens is 1. The Morgan fingerprint density at radius 2 is 2.22 bits per heavy atom.